The third-order valence-electron chi connectivity index (χ3n) is 3.30. The molecule has 0 aliphatic rings. The summed E-state index contributed by atoms with van der Waals surface area (Å²) >= 11 is 0. The van der Waals surface area contributed by atoms with Crippen molar-refractivity contribution in [2.24, 2.45) is 0 Å². The molecule has 0 atom stereocenters. The maximum absolute atomic E-state index is 12.3. The Morgan fingerprint density at radius 3 is 1.92 bits per heavy atom. The first-order valence-electron chi connectivity index (χ1n) is 7.16. The zero-order chi connectivity index (χ0) is 17.5. The minimum absolute atomic E-state index is 0.164. The van der Waals surface area contributed by atoms with E-state index in [9.17, 15) is 9.59 Å². The molecule has 2 aromatic rings. The third-order valence-corrected chi connectivity index (χ3v) is 3.30. The van der Waals surface area contributed by atoms with Gasteiger partial charge in [-0.1, -0.05) is 12.1 Å². The van der Waals surface area contributed by atoms with Gasteiger partial charge in [0, 0.05) is 6.07 Å². The van der Waals surface area contributed by atoms with E-state index in [4.69, 9.17) is 14.2 Å². The van der Waals surface area contributed by atoms with Crippen molar-refractivity contribution in [3.8, 4) is 17.2 Å². The lowest BCUT2D eigenvalue weighted by Gasteiger charge is -2.09. The Bertz CT molecular complexity index is 699. The molecule has 0 radical (unpaired) electrons. The van der Waals surface area contributed by atoms with Crippen LogP contribution in [0.5, 0.6) is 17.2 Å². The van der Waals surface area contributed by atoms with Crippen molar-refractivity contribution in [3.63, 3.8) is 0 Å². The predicted molar refractivity (Wildman–Crippen MR) is 86.7 cm³/mol. The monoisotopic (exact) mass is 330 g/mol. The van der Waals surface area contributed by atoms with Crippen molar-refractivity contribution in [1.82, 2.24) is 0 Å². The molecule has 126 valence electrons. The van der Waals surface area contributed by atoms with Crippen LogP contribution in [0.2, 0.25) is 0 Å². The first-order chi connectivity index (χ1) is 11.5. The van der Waals surface area contributed by atoms with Crippen molar-refractivity contribution in [1.29, 1.82) is 0 Å². The summed E-state index contributed by atoms with van der Waals surface area (Å²) in [4.78, 5) is 23.5. The average Bonchev–Trinajstić information content (AvgIpc) is 2.62. The minimum atomic E-state index is -0.534. The summed E-state index contributed by atoms with van der Waals surface area (Å²) in [5.74, 6) is 0.496. The van der Waals surface area contributed by atoms with Crippen molar-refractivity contribution in [3.05, 3.63) is 53.6 Å². The molecular formula is C18H18O6. The van der Waals surface area contributed by atoms with Crippen molar-refractivity contribution < 1.29 is 28.5 Å². The maximum atomic E-state index is 12.3. The molecule has 0 spiro atoms. The van der Waals surface area contributed by atoms with Crippen molar-refractivity contribution >= 4 is 11.9 Å². The largest absolute Gasteiger partial charge is 0.497 e. The van der Waals surface area contributed by atoms with Gasteiger partial charge in [-0.2, -0.15) is 0 Å². The van der Waals surface area contributed by atoms with Gasteiger partial charge in [0.15, 0.2) is 0 Å². The van der Waals surface area contributed by atoms with Gasteiger partial charge in [0.25, 0.3) is 0 Å². The van der Waals surface area contributed by atoms with Gasteiger partial charge in [0.1, 0.15) is 17.2 Å². The average molecular weight is 330 g/mol. The number of carbonyl (C=O) groups excluding carboxylic acids is 2. The molecule has 0 aromatic heterocycles. The summed E-state index contributed by atoms with van der Waals surface area (Å²) in [5.41, 5.74) is 1.08. The summed E-state index contributed by atoms with van der Waals surface area (Å²) < 4.78 is 20.2. The van der Waals surface area contributed by atoms with E-state index in [-0.39, 0.29) is 12.4 Å². The predicted octanol–water partition coefficient (Wildman–Crippen LogP) is 2.64. The second kappa shape index (κ2) is 8.01. The topological polar surface area (TPSA) is 71.1 Å². The normalized spacial score (nSPS) is 9.96. The number of benzene rings is 2. The third kappa shape index (κ3) is 4.49. The van der Waals surface area contributed by atoms with Crippen LogP contribution in [-0.2, 0) is 16.0 Å². The van der Waals surface area contributed by atoms with Crippen molar-refractivity contribution in [2.45, 2.75) is 6.42 Å². The minimum Gasteiger partial charge on any atom is -0.497 e. The highest BCUT2D eigenvalue weighted by molar-refractivity contribution is 5.92. The molecule has 0 saturated heterocycles. The number of hydrogen-bond acceptors (Lipinski definition) is 6. The SMILES string of the molecule is COC(=O)Cc1ccc(OC(=O)c2cc(OC)cc(OC)c2)cc1. The number of rotatable bonds is 6. The Kier molecular flexibility index (Phi) is 5.78. The summed E-state index contributed by atoms with van der Waals surface area (Å²) in [6, 6.07) is 11.4. The van der Waals surface area contributed by atoms with Gasteiger partial charge in [-0.3, -0.25) is 4.79 Å². The van der Waals surface area contributed by atoms with Crippen LogP contribution in [0.3, 0.4) is 0 Å². The molecule has 0 amide bonds. The van der Waals surface area contributed by atoms with E-state index in [0.717, 1.165) is 5.56 Å². The van der Waals surface area contributed by atoms with E-state index in [1.54, 1.807) is 42.5 Å². The van der Waals surface area contributed by atoms with Crippen LogP contribution < -0.4 is 14.2 Å². The van der Waals surface area contributed by atoms with E-state index in [2.05, 4.69) is 4.74 Å². The van der Waals surface area contributed by atoms with Gasteiger partial charge < -0.3 is 18.9 Å². The van der Waals surface area contributed by atoms with E-state index in [1.807, 2.05) is 0 Å². The molecule has 24 heavy (non-hydrogen) atoms. The maximum Gasteiger partial charge on any atom is 0.343 e. The Balaban J connectivity index is 2.10. The summed E-state index contributed by atoms with van der Waals surface area (Å²) in [6.45, 7) is 0. The molecule has 0 aliphatic carbocycles. The van der Waals surface area contributed by atoms with Gasteiger partial charge >= 0.3 is 11.9 Å². The summed E-state index contributed by atoms with van der Waals surface area (Å²) in [6.07, 6.45) is 0.164. The molecule has 2 aromatic carbocycles. The van der Waals surface area contributed by atoms with E-state index in [1.165, 1.54) is 21.3 Å². The van der Waals surface area contributed by atoms with Crippen LogP contribution in [0.1, 0.15) is 15.9 Å². The van der Waals surface area contributed by atoms with Crippen LogP contribution in [0.25, 0.3) is 0 Å². The Labute approximate surface area is 139 Å². The molecule has 2 rings (SSSR count). The molecule has 0 aliphatic heterocycles. The highest BCUT2D eigenvalue weighted by Gasteiger charge is 2.12. The Morgan fingerprint density at radius 2 is 1.42 bits per heavy atom. The van der Waals surface area contributed by atoms with Gasteiger partial charge in [-0.25, -0.2) is 4.79 Å². The number of methoxy groups -OCH3 is 3. The molecule has 0 heterocycles. The van der Waals surface area contributed by atoms with E-state index >= 15 is 0 Å². The van der Waals surface area contributed by atoms with Crippen LogP contribution in [0.4, 0.5) is 0 Å². The standard InChI is InChI=1S/C18H18O6/c1-21-15-9-13(10-16(11-15)22-2)18(20)24-14-6-4-12(5-7-14)8-17(19)23-3/h4-7,9-11H,8H2,1-3H3. The van der Waals surface area contributed by atoms with Crippen LogP contribution in [0.15, 0.2) is 42.5 Å². The number of hydrogen-bond donors (Lipinski definition) is 0. The van der Waals surface area contributed by atoms with E-state index < -0.39 is 5.97 Å². The molecule has 6 heteroatoms. The quantitative estimate of drug-likeness (QED) is 0.599. The van der Waals surface area contributed by atoms with Gasteiger partial charge in [-0.15, -0.1) is 0 Å². The number of carbonyl (C=O) groups is 2. The fourth-order valence-corrected chi connectivity index (χ4v) is 2.01. The van der Waals surface area contributed by atoms with E-state index in [0.29, 0.717) is 22.8 Å². The molecule has 0 N–H and O–H groups in total. The van der Waals surface area contributed by atoms with Gasteiger partial charge in [0.05, 0.1) is 33.3 Å². The lowest BCUT2D eigenvalue weighted by Crippen LogP contribution is -2.09. The second-order valence-corrected chi connectivity index (χ2v) is 4.89. The second-order valence-electron chi connectivity index (χ2n) is 4.89. The van der Waals surface area contributed by atoms with Gasteiger partial charge in [0.2, 0.25) is 0 Å². The lowest BCUT2D eigenvalue weighted by molar-refractivity contribution is -0.139. The first kappa shape index (κ1) is 17.3. The first-order valence-corrected chi connectivity index (χ1v) is 7.16. The summed E-state index contributed by atoms with van der Waals surface area (Å²) in [7, 11) is 4.34. The summed E-state index contributed by atoms with van der Waals surface area (Å²) in [5, 5.41) is 0. The molecule has 0 bridgehead atoms. The Hall–Kier alpha value is -3.02. The highest BCUT2D eigenvalue weighted by Crippen LogP contribution is 2.24. The highest BCUT2D eigenvalue weighted by atomic mass is 16.5. The molecule has 0 fully saturated rings. The number of ether oxygens (including phenoxy) is 4. The smallest absolute Gasteiger partial charge is 0.343 e. The van der Waals surface area contributed by atoms with Crippen molar-refractivity contribution in [2.75, 3.05) is 21.3 Å². The van der Waals surface area contributed by atoms with Gasteiger partial charge in [-0.05, 0) is 29.8 Å². The molecule has 0 unspecified atom stereocenters. The molecule has 6 nitrogen and oxygen atoms in total. The zero-order valence-corrected chi connectivity index (χ0v) is 13.7. The fourth-order valence-electron chi connectivity index (χ4n) is 2.01. The van der Waals surface area contributed by atoms with Crippen LogP contribution >= 0.6 is 0 Å². The fraction of sp³-hybridized carbons (Fsp3) is 0.222. The number of esters is 2. The lowest BCUT2D eigenvalue weighted by atomic mass is 10.1. The Morgan fingerprint density at radius 1 is 0.833 bits per heavy atom. The molecule has 0 saturated carbocycles. The molecular weight excluding hydrogens is 312 g/mol. The zero-order valence-electron chi connectivity index (χ0n) is 13.7. The van der Waals surface area contributed by atoms with Crippen LogP contribution in [-0.4, -0.2) is 33.3 Å². The van der Waals surface area contributed by atoms with Crippen LogP contribution in [0, 0.1) is 0 Å².